The summed E-state index contributed by atoms with van der Waals surface area (Å²) in [7, 11) is 0. The van der Waals surface area contributed by atoms with Crippen molar-refractivity contribution < 1.29 is 18.7 Å². The summed E-state index contributed by atoms with van der Waals surface area (Å²) in [6.45, 7) is 0. The first kappa shape index (κ1) is 9.20. The van der Waals surface area contributed by atoms with Gasteiger partial charge >= 0.3 is 0 Å². The zero-order chi connectivity index (χ0) is 9.84. The highest BCUT2D eigenvalue weighted by Crippen LogP contribution is 2.19. The minimum Gasteiger partial charge on any atom is -0.507 e. The Morgan fingerprint density at radius 3 is 2.54 bits per heavy atom. The minimum absolute atomic E-state index is 0.119. The van der Waals surface area contributed by atoms with E-state index in [4.69, 9.17) is 5.11 Å². The molecule has 0 bridgehead atoms. The van der Waals surface area contributed by atoms with E-state index in [-0.39, 0.29) is 5.56 Å². The first-order valence-electron chi connectivity index (χ1n) is 3.28. The van der Waals surface area contributed by atoms with Gasteiger partial charge in [-0.25, -0.2) is 8.78 Å². The van der Waals surface area contributed by atoms with Gasteiger partial charge in [-0.3, -0.25) is 4.79 Å². The van der Waals surface area contributed by atoms with Gasteiger partial charge in [-0.1, -0.05) is 5.92 Å². The van der Waals surface area contributed by atoms with E-state index in [0.29, 0.717) is 12.4 Å². The predicted octanol–water partition coefficient (Wildman–Crippen LogP) is 1.22. The number of halogens is 2. The molecule has 2 nitrogen and oxygen atoms in total. The molecular formula is C9H4F2O2. The van der Waals surface area contributed by atoms with E-state index < -0.39 is 17.4 Å². The second kappa shape index (κ2) is 3.68. The van der Waals surface area contributed by atoms with Crippen molar-refractivity contribution in [2.24, 2.45) is 0 Å². The second-order valence-corrected chi connectivity index (χ2v) is 2.17. The van der Waals surface area contributed by atoms with Crippen LogP contribution in [0.3, 0.4) is 0 Å². The third-order valence-corrected chi connectivity index (χ3v) is 1.30. The molecule has 1 aromatic carbocycles. The van der Waals surface area contributed by atoms with Crippen LogP contribution >= 0.6 is 0 Å². The average Bonchev–Trinajstić information content (AvgIpc) is 2.09. The van der Waals surface area contributed by atoms with Crippen LogP contribution in [-0.4, -0.2) is 11.4 Å². The Morgan fingerprint density at radius 2 is 1.92 bits per heavy atom. The predicted molar refractivity (Wildman–Crippen MR) is 41.0 cm³/mol. The maximum Gasteiger partial charge on any atom is 0.193 e. The van der Waals surface area contributed by atoms with Crippen molar-refractivity contribution in [3.05, 3.63) is 29.3 Å². The van der Waals surface area contributed by atoms with E-state index >= 15 is 0 Å². The molecule has 1 rings (SSSR count). The molecule has 66 valence electrons. The van der Waals surface area contributed by atoms with Crippen LogP contribution in [0.5, 0.6) is 5.75 Å². The van der Waals surface area contributed by atoms with E-state index in [9.17, 15) is 13.6 Å². The van der Waals surface area contributed by atoms with E-state index in [1.807, 2.05) is 5.92 Å². The molecule has 0 saturated heterocycles. The maximum atomic E-state index is 12.5. The highest BCUT2D eigenvalue weighted by atomic mass is 19.2. The van der Waals surface area contributed by atoms with Crippen LogP contribution in [0.15, 0.2) is 12.1 Å². The smallest absolute Gasteiger partial charge is 0.193 e. The van der Waals surface area contributed by atoms with Crippen molar-refractivity contribution >= 4 is 6.29 Å². The lowest BCUT2D eigenvalue weighted by molar-refractivity contribution is -0.103. The van der Waals surface area contributed by atoms with Crippen molar-refractivity contribution in [3.8, 4) is 17.6 Å². The quantitative estimate of drug-likeness (QED) is 0.483. The Balaban J connectivity index is 3.23. The second-order valence-electron chi connectivity index (χ2n) is 2.17. The van der Waals surface area contributed by atoms with E-state index in [1.165, 1.54) is 0 Å². The van der Waals surface area contributed by atoms with E-state index in [1.54, 1.807) is 0 Å². The number of carbonyl (C=O) groups excluding carboxylic acids is 1. The molecule has 1 aromatic rings. The number of rotatable bonds is 0. The highest BCUT2D eigenvalue weighted by Gasteiger charge is 2.06. The van der Waals surface area contributed by atoms with Crippen LogP contribution in [0, 0.1) is 23.5 Å². The SMILES string of the molecule is O=CC#Cc1cc(F)c(F)cc1O. The van der Waals surface area contributed by atoms with Crippen LogP contribution in [0.25, 0.3) is 0 Å². The molecule has 0 aliphatic carbocycles. The molecular weight excluding hydrogens is 178 g/mol. The average molecular weight is 182 g/mol. The number of carbonyl (C=O) groups is 1. The summed E-state index contributed by atoms with van der Waals surface area (Å²) in [6.07, 6.45) is 0.292. The van der Waals surface area contributed by atoms with Crippen LogP contribution < -0.4 is 0 Å². The van der Waals surface area contributed by atoms with Crippen molar-refractivity contribution in [2.75, 3.05) is 0 Å². The van der Waals surface area contributed by atoms with Gasteiger partial charge in [0.2, 0.25) is 0 Å². The lowest BCUT2D eigenvalue weighted by atomic mass is 10.2. The van der Waals surface area contributed by atoms with E-state index in [2.05, 4.69) is 5.92 Å². The van der Waals surface area contributed by atoms with Crippen molar-refractivity contribution in [2.45, 2.75) is 0 Å². The zero-order valence-electron chi connectivity index (χ0n) is 6.34. The normalized spacial score (nSPS) is 8.77. The highest BCUT2D eigenvalue weighted by molar-refractivity contribution is 5.74. The Bertz CT molecular complexity index is 402. The van der Waals surface area contributed by atoms with Crippen LogP contribution in [0.2, 0.25) is 0 Å². The molecule has 4 heteroatoms. The van der Waals surface area contributed by atoms with Crippen LogP contribution in [-0.2, 0) is 4.79 Å². The molecule has 0 saturated carbocycles. The number of aromatic hydroxyl groups is 1. The first-order valence-corrected chi connectivity index (χ1v) is 3.28. The third-order valence-electron chi connectivity index (χ3n) is 1.30. The monoisotopic (exact) mass is 182 g/mol. The van der Waals surface area contributed by atoms with Crippen LogP contribution in [0.4, 0.5) is 8.78 Å². The summed E-state index contributed by atoms with van der Waals surface area (Å²) >= 11 is 0. The Kier molecular flexibility index (Phi) is 2.60. The maximum absolute atomic E-state index is 12.5. The Hall–Kier alpha value is -1.89. The van der Waals surface area contributed by atoms with Gasteiger partial charge in [-0.05, 0) is 12.0 Å². The first-order chi connectivity index (χ1) is 6.15. The van der Waals surface area contributed by atoms with Gasteiger partial charge in [0.05, 0.1) is 5.56 Å². The Labute approximate surface area is 72.8 Å². The molecule has 0 spiro atoms. The van der Waals surface area contributed by atoms with Crippen molar-refractivity contribution in [3.63, 3.8) is 0 Å². The minimum atomic E-state index is -1.16. The zero-order valence-corrected chi connectivity index (χ0v) is 6.34. The number of benzene rings is 1. The molecule has 0 aromatic heterocycles. The van der Waals surface area contributed by atoms with Crippen LogP contribution in [0.1, 0.15) is 5.56 Å². The summed E-state index contributed by atoms with van der Waals surface area (Å²) in [5.74, 6) is 1.36. The molecule has 0 heterocycles. The number of phenols is 1. The summed E-state index contributed by atoms with van der Waals surface area (Å²) in [4.78, 5) is 9.82. The lowest BCUT2D eigenvalue weighted by Gasteiger charge is -1.97. The van der Waals surface area contributed by atoms with Crippen molar-refractivity contribution in [1.29, 1.82) is 0 Å². The van der Waals surface area contributed by atoms with Gasteiger partial charge < -0.3 is 5.11 Å². The number of hydrogen-bond donors (Lipinski definition) is 1. The summed E-state index contributed by atoms with van der Waals surface area (Å²) in [5, 5.41) is 9.02. The molecule has 0 radical (unpaired) electrons. The van der Waals surface area contributed by atoms with Gasteiger partial charge in [0.1, 0.15) is 5.75 Å². The van der Waals surface area contributed by atoms with Gasteiger partial charge in [0.15, 0.2) is 17.9 Å². The fourth-order valence-electron chi connectivity index (χ4n) is 0.744. The molecule has 1 N–H and O–H groups in total. The fraction of sp³-hybridized carbons (Fsp3) is 0. The number of hydrogen-bond acceptors (Lipinski definition) is 2. The fourth-order valence-corrected chi connectivity index (χ4v) is 0.744. The van der Waals surface area contributed by atoms with Gasteiger partial charge in [-0.2, -0.15) is 0 Å². The topological polar surface area (TPSA) is 37.3 Å². The lowest BCUT2D eigenvalue weighted by Crippen LogP contribution is -1.86. The molecule has 0 amide bonds. The van der Waals surface area contributed by atoms with Gasteiger partial charge in [0, 0.05) is 6.07 Å². The molecule has 0 fully saturated rings. The Morgan fingerprint density at radius 1 is 1.31 bits per heavy atom. The molecule has 0 aliphatic rings. The third kappa shape index (κ3) is 2.03. The summed E-state index contributed by atoms with van der Waals surface area (Å²) < 4.78 is 25.0. The number of aldehydes is 1. The van der Waals surface area contributed by atoms with E-state index in [0.717, 1.165) is 6.07 Å². The molecule has 0 unspecified atom stereocenters. The van der Waals surface area contributed by atoms with Gasteiger partial charge in [0.25, 0.3) is 0 Å². The summed E-state index contributed by atoms with van der Waals surface area (Å²) in [6, 6.07) is 1.32. The molecule has 13 heavy (non-hydrogen) atoms. The molecule has 0 aliphatic heterocycles. The van der Waals surface area contributed by atoms with Gasteiger partial charge in [-0.15, -0.1) is 0 Å². The summed E-state index contributed by atoms with van der Waals surface area (Å²) in [5.41, 5.74) is -0.119. The standard InChI is InChI=1S/C9H4F2O2/c10-7-4-6(2-1-3-12)9(13)5-8(7)11/h3-5,13H. The number of phenolic OH excluding ortho intramolecular Hbond substituents is 1. The molecule has 0 atom stereocenters. The largest absolute Gasteiger partial charge is 0.507 e. The van der Waals surface area contributed by atoms with Crippen molar-refractivity contribution in [1.82, 2.24) is 0 Å².